The van der Waals surface area contributed by atoms with E-state index in [1.807, 2.05) is 0 Å². The highest BCUT2D eigenvalue weighted by Gasteiger charge is 1.96. The van der Waals surface area contributed by atoms with Crippen molar-refractivity contribution in [2.45, 2.75) is 39.5 Å². The van der Waals surface area contributed by atoms with Gasteiger partial charge in [-0.05, 0) is 53.1 Å². The van der Waals surface area contributed by atoms with Crippen LogP contribution in [0.25, 0.3) is 0 Å². The Morgan fingerprint density at radius 2 is 1.00 bits per heavy atom. The molecule has 0 N–H and O–H groups in total. The van der Waals surface area contributed by atoms with Crippen LogP contribution in [0.1, 0.15) is 39.5 Å². The second-order valence-corrected chi connectivity index (χ2v) is 4.21. The predicted octanol–water partition coefficient (Wildman–Crippen LogP) is 2.45. The topological polar surface area (TPSA) is 6.48 Å². The highest BCUT2D eigenvalue weighted by atomic mass is 15.1. The number of rotatable bonds is 9. The summed E-state index contributed by atoms with van der Waals surface area (Å²) in [5, 5.41) is 0. The summed E-state index contributed by atoms with van der Waals surface area (Å²) < 4.78 is 0. The summed E-state index contributed by atoms with van der Waals surface area (Å²) in [6, 6.07) is 0. The van der Waals surface area contributed by atoms with E-state index in [1.54, 1.807) is 0 Å². The van der Waals surface area contributed by atoms with Crippen molar-refractivity contribution in [1.29, 1.82) is 0 Å². The van der Waals surface area contributed by atoms with Gasteiger partial charge in [-0.2, -0.15) is 0 Å². The van der Waals surface area contributed by atoms with Crippen molar-refractivity contribution in [1.82, 2.24) is 9.80 Å². The third-order valence-corrected chi connectivity index (χ3v) is 2.91. The molecule has 0 aromatic rings. The Morgan fingerprint density at radius 3 is 1.29 bits per heavy atom. The number of hydrogen-bond acceptors (Lipinski definition) is 2. The van der Waals surface area contributed by atoms with E-state index in [2.05, 4.69) is 37.7 Å². The Bertz CT molecular complexity index is 101. The highest BCUT2D eigenvalue weighted by Crippen LogP contribution is 2.01. The van der Waals surface area contributed by atoms with Gasteiger partial charge in [0.15, 0.2) is 0 Å². The zero-order valence-corrected chi connectivity index (χ0v) is 10.6. The van der Waals surface area contributed by atoms with Gasteiger partial charge in [0.2, 0.25) is 0 Å². The van der Waals surface area contributed by atoms with E-state index in [0.717, 1.165) is 0 Å². The van der Waals surface area contributed by atoms with E-state index >= 15 is 0 Å². The van der Waals surface area contributed by atoms with Crippen LogP contribution in [0.4, 0.5) is 0 Å². The first-order valence-corrected chi connectivity index (χ1v) is 6.07. The first-order chi connectivity index (χ1) is 6.70. The molecule has 0 atom stereocenters. The van der Waals surface area contributed by atoms with Gasteiger partial charge < -0.3 is 9.80 Å². The molecule has 0 heterocycles. The second-order valence-electron chi connectivity index (χ2n) is 4.21. The zero-order valence-electron chi connectivity index (χ0n) is 10.6. The minimum absolute atomic E-state index is 1.18. The smallest absolute Gasteiger partial charge is 0.00219 e. The first kappa shape index (κ1) is 13.9. The Labute approximate surface area is 90.3 Å². The van der Waals surface area contributed by atoms with Crippen LogP contribution < -0.4 is 0 Å². The number of nitrogens with zero attached hydrogens (tertiary/aromatic N) is 2. The van der Waals surface area contributed by atoms with E-state index in [4.69, 9.17) is 0 Å². The number of unbranched alkanes of at least 4 members (excludes halogenated alkanes) is 3. The molecule has 0 saturated heterocycles. The molecular weight excluding hydrogens is 172 g/mol. The van der Waals surface area contributed by atoms with E-state index in [0.29, 0.717) is 0 Å². The van der Waals surface area contributed by atoms with Gasteiger partial charge in [0.05, 0.1) is 0 Å². The van der Waals surface area contributed by atoms with Crippen molar-refractivity contribution in [2.24, 2.45) is 0 Å². The van der Waals surface area contributed by atoms with Crippen LogP contribution in [-0.4, -0.2) is 50.1 Å². The van der Waals surface area contributed by atoms with Crippen LogP contribution in [-0.2, 0) is 0 Å². The fourth-order valence-corrected chi connectivity index (χ4v) is 1.43. The molecule has 0 bridgehead atoms. The van der Waals surface area contributed by atoms with E-state index in [-0.39, 0.29) is 0 Å². The molecule has 2 nitrogen and oxygen atoms in total. The normalized spacial score (nSPS) is 11.6. The van der Waals surface area contributed by atoms with Gasteiger partial charge in [-0.25, -0.2) is 0 Å². The maximum absolute atomic E-state index is 2.39. The molecule has 14 heavy (non-hydrogen) atoms. The molecule has 0 aromatic carbocycles. The van der Waals surface area contributed by atoms with Gasteiger partial charge in [-0.1, -0.05) is 26.7 Å². The zero-order chi connectivity index (χ0) is 10.8. The molecule has 86 valence electrons. The van der Waals surface area contributed by atoms with E-state index in [1.165, 1.54) is 51.9 Å². The molecule has 0 rings (SSSR count). The van der Waals surface area contributed by atoms with Gasteiger partial charge in [0, 0.05) is 0 Å². The standard InChI is InChI=1S/C12H28N2/c1-5-13(3)11-9-7-8-10-12-14(4)6-2/h5-12H2,1-4H3. The molecule has 0 aliphatic carbocycles. The minimum Gasteiger partial charge on any atom is -0.307 e. The van der Waals surface area contributed by atoms with Crippen LogP contribution in [0.5, 0.6) is 0 Å². The third kappa shape index (κ3) is 8.52. The van der Waals surface area contributed by atoms with E-state index < -0.39 is 0 Å². The SMILES string of the molecule is CCN(C)CCCCCCN(C)CC. The van der Waals surface area contributed by atoms with Gasteiger partial charge in [0.1, 0.15) is 0 Å². The predicted molar refractivity (Wildman–Crippen MR) is 64.8 cm³/mol. The lowest BCUT2D eigenvalue weighted by molar-refractivity contribution is 0.325. The third-order valence-electron chi connectivity index (χ3n) is 2.91. The van der Waals surface area contributed by atoms with Crippen LogP contribution in [0, 0.1) is 0 Å². The fourth-order valence-electron chi connectivity index (χ4n) is 1.43. The summed E-state index contributed by atoms with van der Waals surface area (Å²) in [6.07, 6.45) is 5.50. The Morgan fingerprint density at radius 1 is 0.643 bits per heavy atom. The van der Waals surface area contributed by atoms with E-state index in [9.17, 15) is 0 Å². The molecule has 2 heteroatoms. The maximum Gasteiger partial charge on any atom is -0.00219 e. The van der Waals surface area contributed by atoms with Gasteiger partial charge in [-0.15, -0.1) is 0 Å². The van der Waals surface area contributed by atoms with Gasteiger partial charge in [-0.3, -0.25) is 0 Å². The largest absolute Gasteiger partial charge is 0.307 e. The van der Waals surface area contributed by atoms with Crippen molar-refractivity contribution >= 4 is 0 Å². The molecule has 0 aliphatic rings. The Kier molecular flexibility index (Phi) is 9.42. The summed E-state index contributed by atoms with van der Waals surface area (Å²) in [4.78, 5) is 4.77. The quantitative estimate of drug-likeness (QED) is 0.528. The Balaban J connectivity index is 3.06. The monoisotopic (exact) mass is 200 g/mol. The lowest BCUT2D eigenvalue weighted by Crippen LogP contribution is -2.19. The van der Waals surface area contributed by atoms with Gasteiger partial charge >= 0.3 is 0 Å². The van der Waals surface area contributed by atoms with Crippen molar-refractivity contribution < 1.29 is 0 Å². The van der Waals surface area contributed by atoms with Crippen molar-refractivity contribution in [3.05, 3.63) is 0 Å². The lowest BCUT2D eigenvalue weighted by atomic mass is 10.2. The van der Waals surface area contributed by atoms with Crippen LogP contribution in [0.15, 0.2) is 0 Å². The molecule has 0 saturated carbocycles. The van der Waals surface area contributed by atoms with Crippen molar-refractivity contribution in [3.8, 4) is 0 Å². The molecule has 0 aromatic heterocycles. The molecule has 0 unspecified atom stereocenters. The van der Waals surface area contributed by atoms with Gasteiger partial charge in [0.25, 0.3) is 0 Å². The molecular formula is C12H28N2. The minimum atomic E-state index is 1.18. The summed E-state index contributed by atoms with van der Waals surface area (Å²) in [6.45, 7) is 9.32. The second kappa shape index (κ2) is 9.47. The molecule has 0 fully saturated rings. The average Bonchev–Trinajstić information content (AvgIpc) is 2.22. The van der Waals surface area contributed by atoms with Crippen molar-refractivity contribution in [3.63, 3.8) is 0 Å². The summed E-state index contributed by atoms with van der Waals surface area (Å²) in [5.74, 6) is 0. The summed E-state index contributed by atoms with van der Waals surface area (Å²) >= 11 is 0. The highest BCUT2D eigenvalue weighted by molar-refractivity contribution is 4.52. The molecule has 0 spiro atoms. The maximum atomic E-state index is 2.39. The summed E-state index contributed by atoms with van der Waals surface area (Å²) in [7, 11) is 4.40. The summed E-state index contributed by atoms with van der Waals surface area (Å²) in [5.41, 5.74) is 0. The average molecular weight is 200 g/mol. The Hall–Kier alpha value is -0.0800. The van der Waals surface area contributed by atoms with Crippen LogP contribution in [0.2, 0.25) is 0 Å². The lowest BCUT2D eigenvalue weighted by Gasteiger charge is -2.14. The molecule has 0 radical (unpaired) electrons. The number of hydrogen-bond donors (Lipinski definition) is 0. The first-order valence-electron chi connectivity index (χ1n) is 6.07. The van der Waals surface area contributed by atoms with Crippen LogP contribution in [0.3, 0.4) is 0 Å². The van der Waals surface area contributed by atoms with Crippen molar-refractivity contribution in [2.75, 3.05) is 40.3 Å². The molecule has 0 aliphatic heterocycles. The van der Waals surface area contributed by atoms with Crippen LogP contribution >= 0.6 is 0 Å². The fraction of sp³-hybridized carbons (Fsp3) is 1.00. The molecule has 0 amide bonds.